The van der Waals surface area contributed by atoms with Crippen LogP contribution in [0, 0.1) is 0 Å². The van der Waals surface area contributed by atoms with E-state index in [9.17, 15) is 5.11 Å². The van der Waals surface area contributed by atoms with Crippen molar-refractivity contribution in [2.75, 3.05) is 4.90 Å². The van der Waals surface area contributed by atoms with Crippen LogP contribution in [0.15, 0.2) is 67.0 Å². The minimum atomic E-state index is -0.0987. The first-order chi connectivity index (χ1) is 14.2. The summed E-state index contributed by atoms with van der Waals surface area (Å²) in [6.45, 7) is 0. The Balaban J connectivity index is 1.65. The lowest BCUT2D eigenvalue weighted by Gasteiger charge is -2.30. The molecule has 1 aliphatic carbocycles. The smallest absolute Gasteiger partial charge is 0.174 e. The van der Waals surface area contributed by atoms with Gasteiger partial charge in [0.25, 0.3) is 0 Å². The monoisotopic (exact) mass is 404 g/mol. The second kappa shape index (κ2) is 7.52. The van der Waals surface area contributed by atoms with Gasteiger partial charge in [0.1, 0.15) is 11.8 Å². The molecule has 0 radical (unpaired) electrons. The Labute approximate surface area is 176 Å². The van der Waals surface area contributed by atoms with Gasteiger partial charge < -0.3 is 19.9 Å². The van der Waals surface area contributed by atoms with Crippen LogP contribution in [0.2, 0.25) is 0 Å². The molecule has 0 spiro atoms. The molecule has 5 nitrogen and oxygen atoms in total. The molecule has 148 valence electrons. The highest BCUT2D eigenvalue weighted by Crippen LogP contribution is 2.45. The van der Waals surface area contributed by atoms with Gasteiger partial charge >= 0.3 is 0 Å². The summed E-state index contributed by atoms with van der Waals surface area (Å²) in [5.41, 5.74) is 2.85. The Bertz CT molecular complexity index is 1010. The van der Waals surface area contributed by atoms with Gasteiger partial charge in [0.2, 0.25) is 0 Å². The Morgan fingerprint density at radius 2 is 1.79 bits per heavy atom. The minimum absolute atomic E-state index is 0.0960. The fraction of sp³-hybridized carbons (Fsp3) is 0.304. The van der Waals surface area contributed by atoms with Gasteiger partial charge in [-0.05, 0) is 61.5 Å². The fourth-order valence-electron chi connectivity index (χ4n) is 4.76. The summed E-state index contributed by atoms with van der Waals surface area (Å²) < 4.78 is 2.41. The average Bonchev–Trinajstić information content (AvgIpc) is 3.48. The molecule has 29 heavy (non-hydrogen) atoms. The zero-order valence-electron chi connectivity index (χ0n) is 16.1. The third-order valence-corrected chi connectivity index (χ3v) is 6.39. The van der Waals surface area contributed by atoms with E-state index in [1.165, 1.54) is 31.4 Å². The van der Waals surface area contributed by atoms with Crippen molar-refractivity contribution in [1.29, 1.82) is 0 Å². The molecule has 1 saturated heterocycles. The third kappa shape index (κ3) is 3.17. The zero-order chi connectivity index (χ0) is 19.8. The average molecular weight is 405 g/mol. The zero-order valence-corrected chi connectivity index (χ0v) is 16.9. The second-order valence-electron chi connectivity index (χ2n) is 7.76. The van der Waals surface area contributed by atoms with E-state index in [0.29, 0.717) is 16.8 Å². The van der Waals surface area contributed by atoms with E-state index in [1.54, 1.807) is 6.07 Å². The van der Waals surface area contributed by atoms with E-state index in [-0.39, 0.29) is 17.8 Å². The van der Waals surface area contributed by atoms with E-state index in [4.69, 9.17) is 12.2 Å². The van der Waals surface area contributed by atoms with Crippen LogP contribution in [0.3, 0.4) is 0 Å². The number of aromatic hydroxyl groups is 1. The highest BCUT2D eigenvalue weighted by atomic mass is 32.1. The molecule has 2 N–H and O–H groups in total. The molecule has 1 aromatic carbocycles. The highest BCUT2D eigenvalue weighted by molar-refractivity contribution is 7.80. The first kappa shape index (κ1) is 18.2. The number of nitrogens with one attached hydrogen (secondary N) is 1. The van der Waals surface area contributed by atoms with Gasteiger partial charge in [0.15, 0.2) is 5.11 Å². The third-order valence-electron chi connectivity index (χ3n) is 6.07. The van der Waals surface area contributed by atoms with Crippen LogP contribution >= 0.6 is 12.2 Å². The molecular formula is C23H24N4OS. The van der Waals surface area contributed by atoms with Crippen molar-refractivity contribution in [3.05, 3.63) is 78.4 Å². The molecule has 2 aromatic heterocycles. The maximum Gasteiger partial charge on any atom is 0.174 e. The van der Waals surface area contributed by atoms with E-state index in [1.807, 2.05) is 47.5 Å². The standard InChI is InChI=1S/C23H24N4OS/c28-20-13-4-3-11-18(20)27-22(19-12-7-15-26(19)16-8-1-2-9-16)21(25-23(27)29)17-10-5-6-14-24-17/h3-7,10-16,21-22,28H,1-2,8-9H2,(H,25,29). The minimum Gasteiger partial charge on any atom is -0.506 e. The van der Waals surface area contributed by atoms with Crippen LogP contribution in [-0.4, -0.2) is 19.8 Å². The van der Waals surface area contributed by atoms with Gasteiger partial charge in [0.05, 0.1) is 17.4 Å². The first-order valence-corrected chi connectivity index (χ1v) is 10.6. The van der Waals surface area contributed by atoms with E-state index >= 15 is 0 Å². The molecule has 2 atom stereocenters. The Morgan fingerprint density at radius 1 is 1.00 bits per heavy atom. The number of nitrogens with zero attached hydrogens (tertiary/aromatic N) is 3. The molecule has 3 aromatic rings. The molecule has 6 heteroatoms. The lowest BCUT2D eigenvalue weighted by molar-refractivity contribution is 0.454. The Morgan fingerprint density at radius 3 is 2.55 bits per heavy atom. The Hall–Kier alpha value is -2.86. The summed E-state index contributed by atoms with van der Waals surface area (Å²) in [5.74, 6) is 0.224. The van der Waals surface area contributed by atoms with Gasteiger partial charge in [-0.15, -0.1) is 0 Å². The van der Waals surface area contributed by atoms with E-state index in [2.05, 4.69) is 33.2 Å². The van der Waals surface area contributed by atoms with Crippen molar-refractivity contribution >= 4 is 23.0 Å². The number of para-hydroxylation sites is 2. The van der Waals surface area contributed by atoms with Crippen LogP contribution in [0.25, 0.3) is 0 Å². The van der Waals surface area contributed by atoms with Crippen molar-refractivity contribution in [2.45, 2.75) is 43.8 Å². The number of aromatic nitrogens is 2. The lowest BCUT2D eigenvalue weighted by atomic mass is 10.00. The summed E-state index contributed by atoms with van der Waals surface area (Å²) >= 11 is 5.75. The maximum atomic E-state index is 10.6. The number of thiocarbonyl (C=S) groups is 1. The number of hydrogen-bond acceptors (Lipinski definition) is 3. The van der Waals surface area contributed by atoms with Crippen LogP contribution in [-0.2, 0) is 0 Å². The highest BCUT2D eigenvalue weighted by Gasteiger charge is 2.43. The molecule has 2 fully saturated rings. The number of pyridine rings is 1. The number of phenols is 1. The predicted octanol–water partition coefficient (Wildman–Crippen LogP) is 4.88. The lowest BCUT2D eigenvalue weighted by Crippen LogP contribution is -2.30. The van der Waals surface area contributed by atoms with Crippen molar-refractivity contribution in [3.8, 4) is 5.75 Å². The predicted molar refractivity (Wildman–Crippen MR) is 118 cm³/mol. The number of phenolic OH excluding ortho intramolecular Hbond substituents is 1. The molecule has 0 bridgehead atoms. The summed E-state index contributed by atoms with van der Waals surface area (Å²) in [6, 6.07) is 18.0. The molecule has 3 heterocycles. The molecule has 1 saturated carbocycles. The Kier molecular flexibility index (Phi) is 4.72. The molecule has 0 amide bonds. The molecule has 5 rings (SSSR count). The van der Waals surface area contributed by atoms with Crippen molar-refractivity contribution in [3.63, 3.8) is 0 Å². The van der Waals surface area contributed by atoms with Crippen molar-refractivity contribution in [2.24, 2.45) is 0 Å². The quantitative estimate of drug-likeness (QED) is 0.607. The molecule has 2 aliphatic rings. The number of hydrogen-bond donors (Lipinski definition) is 2. The second-order valence-corrected chi connectivity index (χ2v) is 8.15. The number of rotatable bonds is 4. The maximum absolute atomic E-state index is 10.6. The summed E-state index contributed by atoms with van der Waals surface area (Å²) in [5, 5.41) is 14.7. The largest absolute Gasteiger partial charge is 0.506 e. The van der Waals surface area contributed by atoms with Gasteiger partial charge in [-0.3, -0.25) is 4.98 Å². The number of benzene rings is 1. The van der Waals surface area contributed by atoms with E-state index < -0.39 is 0 Å². The summed E-state index contributed by atoms with van der Waals surface area (Å²) in [7, 11) is 0. The van der Waals surface area contributed by atoms with Crippen LogP contribution in [0.1, 0.15) is 55.2 Å². The SMILES string of the molecule is Oc1ccccc1N1C(=S)NC(c2ccccn2)C1c1cccn1C1CCCC1. The van der Waals surface area contributed by atoms with Gasteiger partial charge in [-0.25, -0.2) is 0 Å². The van der Waals surface area contributed by atoms with E-state index in [0.717, 1.165) is 5.69 Å². The molecule has 2 unspecified atom stereocenters. The molecular weight excluding hydrogens is 380 g/mol. The fourth-order valence-corrected chi connectivity index (χ4v) is 5.09. The van der Waals surface area contributed by atoms with Crippen molar-refractivity contribution in [1.82, 2.24) is 14.9 Å². The molecule has 1 aliphatic heterocycles. The van der Waals surface area contributed by atoms with Crippen LogP contribution in [0.5, 0.6) is 5.75 Å². The topological polar surface area (TPSA) is 53.3 Å². The van der Waals surface area contributed by atoms with Crippen molar-refractivity contribution < 1.29 is 5.11 Å². The number of anilines is 1. The summed E-state index contributed by atoms with van der Waals surface area (Å²) in [4.78, 5) is 6.66. The summed E-state index contributed by atoms with van der Waals surface area (Å²) in [6.07, 6.45) is 8.96. The van der Waals surface area contributed by atoms with Crippen LogP contribution in [0.4, 0.5) is 5.69 Å². The van der Waals surface area contributed by atoms with Gasteiger partial charge in [0, 0.05) is 24.1 Å². The van der Waals surface area contributed by atoms with Gasteiger partial charge in [-0.1, -0.05) is 31.0 Å². The van der Waals surface area contributed by atoms with Gasteiger partial charge in [-0.2, -0.15) is 0 Å². The normalized spacial score (nSPS) is 22.2. The van der Waals surface area contributed by atoms with Crippen LogP contribution < -0.4 is 10.2 Å². The first-order valence-electron chi connectivity index (χ1n) is 10.2.